The first kappa shape index (κ1) is 19.3. The lowest BCUT2D eigenvalue weighted by Gasteiger charge is -2.32. The fraction of sp³-hybridized carbons (Fsp3) is 0.435. The number of piperazine rings is 1. The van der Waals surface area contributed by atoms with Crippen molar-refractivity contribution in [1.82, 2.24) is 4.90 Å². The number of carbonyl (C=O) groups excluding carboxylic acids is 1. The van der Waals surface area contributed by atoms with Crippen LogP contribution in [0, 0.1) is 6.92 Å². The Hall–Kier alpha value is -1.98. The smallest absolute Gasteiger partial charge is 0.232 e. The number of benzene rings is 2. The van der Waals surface area contributed by atoms with Crippen LogP contribution >= 0.6 is 11.8 Å². The van der Waals surface area contributed by atoms with Gasteiger partial charge in [0, 0.05) is 17.7 Å². The molecule has 1 N–H and O–H groups in total. The van der Waals surface area contributed by atoms with E-state index in [1.54, 1.807) is 16.7 Å². The molecule has 0 bridgehead atoms. The Kier molecular flexibility index (Phi) is 6.23. The number of aryl methyl sites for hydroxylation is 1. The second kappa shape index (κ2) is 9.01. The van der Waals surface area contributed by atoms with E-state index in [9.17, 15) is 4.79 Å². The SMILES string of the molecule is Cc1ccc(CSCC(=O)N2CC[NH+](Cc3ccc4c(c3)CCO4)CC2)cc1. The van der Waals surface area contributed by atoms with Gasteiger partial charge in [0.1, 0.15) is 12.3 Å². The van der Waals surface area contributed by atoms with E-state index in [0.29, 0.717) is 5.75 Å². The Labute approximate surface area is 171 Å². The van der Waals surface area contributed by atoms with Crippen molar-refractivity contribution in [2.45, 2.75) is 25.6 Å². The van der Waals surface area contributed by atoms with Crippen LogP contribution in [0.25, 0.3) is 0 Å². The van der Waals surface area contributed by atoms with Crippen molar-refractivity contribution in [1.29, 1.82) is 0 Å². The highest BCUT2D eigenvalue weighted by Gasteiger charge is 2.24. The van der Waals surface area contributed by atoms with Crippen LogP contribution < -0.4 is 9.64 Å². The molecule has 1 fully saturated rings. The number of nitrogens with one attached hydrogen (secondary N) is 1. The van der Waals surface area contributed by atoms with Gasteiger partial charge >= 0.3 is 0 Å². The van der Waals surface area contributed by atoms with Crippen LogP contribution in [0.15, 0.2) is 42.5 Å². The van der Waals surface area contributed by atoms with E-state index in [0.717, 1.165) is 57.3 Å². The fourth-order valence-corrected chi connectivity index (χ4v) is 4.81. The predicted octanol–water partition coefficient (Wildman–Crippen LogP) is 2.09. The number of amides is 1. The van der Waals surface area contributed by atoms with E-state index in [-0.39, 0.29) is 5.91 Å². The lowest BCUT2D eigenvalue weighted by molar-refractivity contribution is -0.917. The molecule has 0 radical (unpaired) electrons. The third-order valence-corrected chi connectivity index (χ3v) is 6.63. The van der Waals surface area contributed by atoms with Gasteiger partial charge in [-0.3, -0.25) is 4.79 Å². The first-order chi connectivity index (χ1) is 13.7. The molecule has 2 heterocycles. The molecule has 0 atom stereocenters. The van der Waals surface area contributed by atoms with Crippen molar-refractivity contribution in [3.05, 3.63) is 64.7 Å². The molecular weight excluding hydrogens is 368 g/mol. The minimum atomic E-state index is 0.283. The van der Waals surface area contributed by atoms with Crippen LogP contribution in [-0.2, 0) is 23.5 Å². The summed E-state index contributed by atoms with van der Waals surface area (Å²) in [6.07, 6.45) is 1.03. The molecule has 2 aromatic carbocycles. The molecule has 2 aliphatic heterocycles. The van der Waals surface area contributed by atoms with Gasteiger partial charge in [0.25, 0.3) is 0 Å². The van der Waals surface area contributed by atoms with Crippen LogP contribution in [0.2, 0.25) is 0 Å². The first-order valence-corrected chi connectivity index (χ1v) is 11.3. The van der Waals surface area contributed by atoms with E-state index < -0.39 is 0 Å². The monoisotopic (exact) mass is 397 g/mol. The third-order valence-electron chi connectivity index (χ3n) is 5.65. The summed E-state index contributed by atoms with van der Waals surface area (Å²) < 4.78 is 5.60. The van der Waals surface area contributed by atoms with E-state index >= 15 is 0 Å². The average molecular weight is 398 g/mol. The molecule has 0 saturated carbocycles. The molecule has 1 amide bonds. The van der Waals surface area contributed by atoms with Crippen LogP contribution in [0.3, 0.4) is 0 Å². The molecule has 28 heavy (non-hydrogen) atoms. The van der Waals surface area contributed by atoms with Crippen molar-refractivity contribution < 1.29 is 14.4 Å². The zero-order valence-electron chi connectivity index (χ0n) is 16.6. The van der Waals surface area contributed by atoms with Crippen molar-refractivity contribution in [2.75, 3.05) is 38.5 Å². The molecule has 4 rings (SSSR count). The molecule has 148 valence electrons. The largest absolute Gasteiger partial charge is 0.493 e. The molecule has 4 nitrogen and oxygen atoms in total. The molecule has 0 aromatic heterocycles. The van der Waals surface area contributed by atoms with Crippen molar-refractivity contribution >= 4 is 17.7 Å². The van der Waals surface area contributed by atoms with E-state index in [1.165, 1.54) is 22.3 Å². The van der Waals surface area contributed by atoms with Gasteiger partial charge in [0.05, 0.1) is 38.5 Å². The van der Waals surface area contributed by atoms with E-state index in [2.05, 4.69) is 49.4 Å². The highest BCUT2D eigenvalue weighted by molar-refractivity contribution is 7.99. The molecule has 2 aromatic rings. The summed E-state index contributed by atoms with van der Waals surface area (Å²) >= 11 is 1.72. The fourth-order valence-electron chi connectivity index (χ4n) is 3.92. The predicted molar refractivity (Wildman–Crippen MR) is 114 cm³/mol. The number of rotatable bonds is 6. The zero-order valence-corrected chi connectivity index (χ0v) is 17.4. The van der Waals surface area contributed by atoms with Gasteiger partial charge in [-0.2, -0.15) is 0 Å². The minimum Gasteiger partial charge on any atom is -0.493 e. The van der Waals surface area contributed by atoms with Crippen LogP contribution in [-0.4, -0.2) is 49.3 Å². The van der Waals surface area contributed by atoms with E-state index in [1.807, 2.05) is 4.90 Å². The maximum atomic E-state index is 12.5. The normalized spacial score (nSPS) is 16.7. The van der Waals surface area contributed by atoms with Crippen molar-refractivity contribution in [3.63, 3.8) is 0 Å². The summed E-state index contributed by atoms with van der Waals surface area (Å²) in [5, 5.41) is 0. The van der Waals surface area contributed by atoms with Crippen molar-refractivity contribution in [2.24, 2.45) is 0 Å². The standard InChI is InChI=1S/C23H28N2O2S/c1-18-2-4-19(5-3-18)16-28-17-23(26)25-11-9-24(10-12-25)15-20-6-7-22-21(14-20)8-13-27-22/h2-7,14H,8-13,15-17H2,1H3/p+1. The lowest BCUT2D eigenvalue weighted by Crippen LogP contribution is -3.13. The number of hydrogen-bond donors (Lipinski definition) is 1. The molecule has 0 unspecified atom stereocenters. The average Bonchev–Trinajstić information content (AvgIpc) is 3.18. The number of thioether (sulfide) groups is 1. The Morgan fingerprint density at radius 3 is 2.64 bits per heavy atom. The van der Waals surface area contributed by atoms with Crippen LogP contribution in [0.5, 0.6) is 5.75 Å². The maximum absolute atomic E-state index is 12.5. The summed E-state index contributed by atoms with van der Waals surface area (Å²) in [5.41, 5.74) is 5.29. The summed E-state index contributed by atoms with van der Waals surface area (Å²) in [6, 6.07) is 15.2. The lowest BCUT2D eigenvalue weighted by atomic mass is 10.1. The quantitative estimate of drug-likeness (QED) is 0.811. The van der Waals surface area contributed by atoms with Gasteiger partial charge in [-0.15, -0.1) is 11.8 Å². The summed E-state index contributed by atoms with van der Waals surface area (Å²) in [5.74, 6) is 2.82. The first-order valence-electron chi connectivity index (χ1n) is 10.2. The van der Waals surface area contributed by atoms with Gasteiger partial charge in [0.2, 0.25) is 5.91 Å². The van der Waals surface area contributed by atoms with Gasteiger partial charge < -0.3 is 14.5 Å². The number of ether oxygens (including phenoxy) is 1. The minimum absolute atomic E-state index is 0.283. The third kappa shape index (κ3) is 4.89. The number of hydrogen-bond acceptors (Lipinski definition) is 3. The number of carbonyl (C=O) groups is 1. The highest BCUT2D eigenvalue weighted by atomic mass is 32.2. The molecule has 1 saturated heterocycles. The van der Waals surface area contributed by atoms with Gasteiger partial charge in [-0.1, -0.05) is 29.8 Å². The summed E-state index contributed by atoms with van der Waals surface area (Å²) in [7, 11) is 0. The van der Waals surface area contributed by atoms with E-state index in [4.69, 9.17) is 4.74 Å². The second-order valence-electron chi connectivity index (χ2n) is 7.83. The molecule has 0 spiro atoms. The Morgan fingerprint density at radius 1 is 1.11 bits per heavy atom. The molecule has 2 aliphatic rings. The molecule has 5 heteroatoms. The zero-order chi connectivity index (χ0) is 19.3. The molecular formula is C23H29N2O2S+. The van der Waals surface area contributed by atoms with Crippen LogP contribution in [0.4, 0.5) is 0 Å². The summed E-state index contributed by atoms with van der Waals surface area (Å²) in [6.45, 7) is 7.75. The molecule has 0 aliphatic carbocycles. The maximum Gasteiger partial charge on any atom is 0.232 e. The Morgan fingerprint density at radius 2 is 1.86 bits per heavy atom. The van der Waals surface area contributed by atoms with Gasteiger partial charge in [0.15, 0.2) is 0 Å². The van der Waals surface area contributed by atoms with Gasteiger partial charge in [-0.25, -0.2) is 0 Å². The summed E-state index contributed by atoms with van der Waals surface area (Å²) in [4.78, 5) is 16.1. The van der Waals surface area contributed by atoms with Crippen molar-refractivity contribution in [3.8, 4) is 5.75 Å². The number of fused-ring (bicyclic) bond motifs is 1. The van der Waals surface area contributed by atoms with Gasteiger partial charge in [-0.05, 0) is 36.2 Å². The number of quaternary nitrogens is 1. The Balaban J connectivity index is 1.19. The topological polar surface area (TPSA) is 34.0 Å². The highest BCUT2D eigenvalue weighted by Crippen LogP contribution is 2.25. The second-order valence-corrected chi connectivity index (χ2v) is 8.81. The van der Waals surface area contributed by atoms with Crippen LogP contribution in [0.1, 0.15) is 22.3 Å². The number of nitrogens with zero attached hydrogens (tertiary/aromatic N) is 1. The Bertz CT molecular complexity index is 814.